The lowest BCUT2D eigenvalue weighted by Crippen LogP contribution is -2.11. The summed E-state index contributed by atoms with van der Waals surface area (Å²) in [6, 6.07) is 4.64. The average molecular weight is 266 g/mol. The molecular weight excluding hydrogens is 248 g/mol. The fourth-order valence-electron chi connectivity index (χ4n) is 1.71. The zero-order valence-corrected chi connectivity index (χ0v) is 11.0. The lowest BCUT2D eigenvalue weighted by Gasteiger charge is -2.10. The molecule has 0 bridgehead atoms. The number of nitro groups is 1. The van der Waals surface area contributed by atoms with E-state index in [0.717, 1.165) is 17.7 Å². The maximum atomic E-state index is 10.6. The van der Waals surface area contributed by atoms with Crippen molar-refractivity contribution in [3.05, 3.63) is 33.9 Å². The Balaban J connectivity index is 2.46. The van der Waals surface area contributed by atoms with Crippen LogP contribution in [0.25, 0.3) is 0 Å². The van der Waals surface area contributed by atoms with Crippen molar-refractivity contribution in [3.8, 4) is 0 Å². The molecule has 1 aromatic carbocycles. The van der Waals surface area contributed by atoms with E-state index in [1.165, 1.54) is 12.1 Å². The van der Waals surface area contributed by atoms with Gasteiger partial charge in [-0.25, -0.2) is 0 Å². The minimum atomic E-state index is -0.786. The standard InChI is InChI=1S/C13H18N2O4/c1-9(13(16)17)4-3-7-14-12-6-5-11(15(18)19)8-10(12)2/h5-6,8-9,14H,3-4,7H2,1-2H3,(H,16,17). The zero-order chi connectivity index (χ0) is 14.4. The molecule has 0 aromatic heterocycles. The minimum Gasteiger partial charge on any atom is -0.481 e. The molecule has 1 aromatic rings. The number of nitrogens with zero attached hydrogens (tertiary/aromatic N) is 1. The number of carboxylic acids is 1. The number of anilines is 1. The minimum absolute atomic E-state index is 0.0718. The number of nitro benzene ring substituents is 1. The van der Waals surface area contributed by atoms with Crippen LogP contribution >= 0.6 is 0 Å². The Morgan fingerprint density at radius 1 is 1.53 bits per heavy atom. The third-order valence-corrected chi connectivity index (χ3v) is 2.97. The lowest BCUT2D eigenvalue weighted by atomic mass is 10.1. The summed E-state index contributed by atoms with van der Waals surface area (Å²) in [5.41, 5.74) is 1.72. The van der Waals surface area contributed by atoms with Gasteiger partial charge < -0.3 is 10.4 Å². The molecule has 0 spiro atoms. The number of rotatable bonds is 7. The van der Waals surface area contributed by atoms with Crippen LogP contribution in [0.1, 0.15) is 25.3 Å². The molecule has 0 saturated carbocycles. The quantitative estimate of drug-likeness (QED) is 0.449. The highest BCUT2D eigenvalue weighted by Gasteiger charge is 2.10. The van der Waals surface area contributed by atoms with Crippen molar-refractivity contribution >= 4 is 17.3 Å². The molecule has 6 heteroatoms. The summed E-state index contributed by atoms with van der Waals surface area (Å²) in [4.78, 5) is 20.8. The van der Waals surface area contributed by atoms with Gasteiger partial charge in [-0.3, -0.25) is 14.9 Å². The van der Waals surface area contributed by atoms with E-state index in [2.05, 4.69) is 5.32 Å². The topological polar surface area (TPSA) is 92.5 Å². The number of benzene rings is 1. The first kappa shape index (κ1) is 14.9. The Hall–Kier alpha value is -2.11. The number of carbonyl (C=O) groups is 1. The predicted molar refractivity (Wildman–Crippen MR) is 72.4 cm³/mol. The average Bonchev–Trinajstić information content (AvgIpc) is 2.35. The summed E-state index contributed by atoms with van der Waals surface area (Å²) in [6.45, 7) is 4.13. The van der Waals surface area contributed by atoms with Crippen LogP contribution in [0.3, 0.4) is 0 Å². The highest BCUT2D eigenvalue weighted by molar-refractivity contribution is 5.69. The summed E-state index contributed by atoms with van der Waals surface area (Å²) in [6.07, 6.45) is 1.35. The molecule has 1 rings (SSSR count). The van der Waals surface area contributed by atoms with Crippen molar-refractivity contribution in [3.63, 3.8) is 0 Å². The second kappa shape index (κ2) is 6.72. The maximum Gasteiger partial charge on any atom is 0.306 e. The van der Waals surface area contributed by atoms with Gasteiger partial charge in [-0.2, -0.15) is 0 Å². The first-order chi connectivity index (χ1) is 8.91. The summed E-state index contributed by atoms with van der Waals surface area (Å²) in [5, 5.41) is 22.5. The summed E-state index contributed by atoms with van der Waals surface area (Å²) in [5.74, 6) is -1.13. The zero-order valence-electron chi connectivity index (χ0n) is 11.0. The van der Waals surface area contributed by atoms with Crippen LogP contribution < -0.4 is 5.32 Å². The van der Waals surface area contributed by atoms with Crippen LogP contribution in [0.15, 0.2) is 18.2 Å². The summed E-state index contributed by atoms with van der Waals surface area (Å²) in [7, 11) is 0. The largest absolute Gasteiger partial charge is 0.481 e. The van der Waals surface area contributed by atoms with E-state index in [-0.39, 0.29) is 11.6 Å². The molecule has 0 aliphatic heterocycles. The van der Waals surface area contributed by atoms with Gasteiger partial charge in [0.2, 0.25) is 0 Å². The maximum absolute atomic E-state index is 10.6. The monoisotopic (exact) mass is 266 g/mol. The van der Waals surface area contributed by atoms with Crippen molar-refractivity contribution in [1.82, 2.24) is 0 Å². The molecule has 0 aliphatic carbocycles. The number of nitrogens with one attached hydrogen (secondary N) is 1. The fraction of sp³-hybridized carbons (Fsp3) is 0.462. The molecule has 1 atom stereocenters. The van der Waals surface area contributed by atoms with Crippen LogP contribution in [0.4, 0.5) is 11.4 Å². The van der Waals surface area contributed by atoms with Crippen LogP contribution in [0.5, 0.6) is 0 Å². The van der Waals surface area contributed by atoms with Crippen LogP contribution in [-0.4, -0.2) is 22.5 Å². The van der Waals surface area contributed by atoms with Crippen molar-refractivity contribution in [2.45, 2.75) is 26.7 Å². The van der Waals surface area contributed by atoms with Gasteiger partial charge in [0.15, 0.2) is 0 Å². The smallest absolute Gasteiger partial charge is 0.306 e. The molecule has 1 unspecified atom stereocenters. The van der Waals surface area contributed by atoms with Gasteiger partial charge in [-0.15, -0.1) is 0 Å². The molecule has 0 fully saturated rings. The van der Waals surface area contributed by atoms with E-state index >= 15 is 0 Å². The molecule has 2 N–H and O–H groups in total. The molecule has 0 amide bonds. The highest BCUT2D eigenvalue weighted by atomic mass is 16.6. The number of carboxylic acid groups (broad SMARTS) is 1. The van der Waals surface area contributed by atoms with E-state index < -0.39 is 10.9 Å². The first-order valence-corrected chi connectivity index (χ1v) is 6.13. The number of hydrogen-bond donors (Lipinski definition) is 2. The number of hydrogen-bond acceptors (Lipinski definition) is 4. The Morgan fingerprint density at radius 3 is 2.74 bits per heavy atom. The summed E-state index contributed by atoms with van der Waals surface area (Å²) < 4.78 is 0. The van der Waals surface area contributed by atoms with Crippen molar-refractivity contribution < 1.29 is 14.8 Å². The Kier molecular flexibility index (Phi) is 5.29. The number of non-ortho nitro benzene ring substituents is 1. The number of aliphatic carboxylic acids is 1. The molecule has 104 valence electrons. The van der Waals surface area contributed by atoms with Crippen LogP contribution in [0, 0.1) is 23.0 Å². The molecule has 6 nitrogen and oxygen atoms in total. The molecular formula is C13H18N2O4. The van der Waals surface area contributed by atoms with Crippen molar-refractivity contribution in [2.24, 2.45) is 5.92 Å². The SMILES string of the molecule is Cc1cc([N+](=O)[O-])ccc1NCCCC(C)C(=O)O. The van der Waals surface area contributed by atoms with E-state index in [9.17, 15) is 14.9 Å². The second-order valence-electron chi connectivity index (χ2n) is 4.56. The molecule has 19 heavy (non-hydrogen) atoms. The normalized spacial score (nSPS) is 11.9. The van der Waals surface area contributed by atoms with Crippen molar-refractivity contribution in [1.29, 1.82) is 0 Å². The van der Waals surface area contributed by atoms with E-state index in [1.54, 1.807) is 19.9 Å². The number of aryl methyl sites for hydroxylation is 1. The predicted octanol–water partition coefficient (Wildman–Crippen LogP) is 2.82. The van der Waals surface area contributed by atoms with Gasteiger partial charge in [0.25, 0.3) is 5.69 Å². The molecule has 0 radical (unpaired) electrons. The molecule has 0 saturated heterocycles. The van der Waals surface area contributed by atoms with Gasteiger partial charge in [0.1, 0.15) is 0 Å². The van der Waals surface area contributed by atoms with Gasteiger partial charge in [0, 0.05) is 24.4 Å². The Morgan fingerprint density at radius 2 is 2.21 bits per heavy atom. The Bertz CT molecular complexity index is 474. The summed E-state index contributed by atoms with van der Waals surface area (Å²) >= 11 is 0. The van der Waals surface area contributed by atoms with E-state index in [1.807, 2.05) is 0 Å². The lowest BCUT2D eigenvalue weighted by molar-refractivity contribution is -0.384. The van der Waals surface area contributed by atoms with Crippen LogP contribution in [-0.2, 0) is 4.79 Å². The van der Waals surface area contributed by atoms with Gasteiger partial charge in [0.05, 0.1) is 10.8 Å². The molecule has 0 heterocycles. The Labute approximate surface area is 111 Å². The second-order valence-corrected chi connectivity index (χ2v) is 4.56. The van der Waals surface area contributed by atoms with Crippen LogP contribution in [0.2, 0.25) is 0 Å². The third-order valence-electron chi connectivity index (χ3n) is 2.97. The fourth-order valence-corrected chi connectivity index (χ4v) is 1.71. The van der Waals surface area contributed by atoms with Gasteiger partial charge >= 0.3 is 5.97 Å². The van der Waals surface area contributed by atoms with Crippen molar-refractivity contribution in [2.75, 3.05) is 11.9 Å². The van der Waals surface area contributed by atoms with Gasteiger partial charge in [-0.05, 0) is 31.4 Å². The van der Waals surface area contributed by atoms with E-state index in [0.29, 0.717) is 13.0 Å². The highest BCUT2D eigenvalue weighted by Crippen LogP contribution is 2.21. The third kappa shape index (κ3) is 4.57. The first-order valence-electron chi connectivity index (χ1n) is 6.13. The van der Waals surface area contributed by atoms with Gasteiger partial charge in [-0.1, -0.05) is 6.92 Å². The molecule has 0 aliphatic rings. The van der Waals surface area contributed by atoms with E-state index in [4.69, 9.17) is 5.11 Å².